The van der Waals surface area contributed by atoms with E-state index < -0.39 is 10.1 Å². The Balaban J connectivity index is 0.00000196. The SMILES string of the molecule is O=S(=O)([O-])CCCc1ccc(O)cc1.[Na+]. The first-order valence-electron chi connectivity index (χ1n) is 4.19. The Kier molecular flexibility index (Phi) is 6.47. The van der Waals surface area contributed by atoms with Crippen LogP contribution in [0.15, 0.2) is 24.3 Å². The minimum Gasteiger partial charge on any atom is -0.748 e. The van der Waals surface area contributed by atoms with Crippen molar-refractivity contribution in [3.63, 3.8) is 0 Å². The van der Waals surface area contributed by atoms with Gasteiger partial charge in [-0.25, -0.2) is 8.42 Å². The molecule has 0 aliphatic heterocycles. The van der Waals surface area contributed by atoms with Crippen LogP contribution in [-0.4, -0.2) is 23.8 Å². The van der Waals surface area contributed by atoms with Crippen molar-refractivity contribution in [3.05, 3.63) is 29.8 Å². The Bertz CT molecular complexity index is 385. The van der Waals surface area contributed by atoms with Gasteiger partial charge in [-0.3, -0.25) is 0 Å². The van der Waals surface area contributed by atoms with Gasteiger partial charge in [0.25, 0.3) is 0 Å². The summed E-state index contributed by atoms with van der Waals surface area (Å²) in [7, 11) is -4.10. The maximum Gasteiger partial charge on any atom is 1.00 e. The Labute approximate surface area is 111 Å². The molecule has 0 atom stereocenters. The topological polar surface area (TPSA) is 77.4 Å². The standard InChI is InChI=1S/C9H12O4S.Na/c10-9-5-3-8(4-6-9)2-1-7-14(11,12)13;/h3-6,10H,1-2,7H2,(H,11,12,13);/q;+1/p-1. The van der Waals surface area contributed by atoms with Gasteiger partial charge < -0.3 is 9.66 Å². The number of phenolic OH excluding ortho intramolecular Hbond substituents is 1. The second-order valence-electron chi connectivity index (χ2n) is 3.03. The second kappa shape index (κ2) is 6.50. The van der Waals surface area contributed by atoms with E-state index >= 15 is 0 Å². The third-order valence-electron chi connectivity index (χ3n) is 1.80. The van der Waals surface area contributed by atoms with Crippen LogP contribution in [0.2, 0.25) is 0 Å². The molecule has 1 N–H and O–H groups in total. The molecule has 0 saturated heterocycles. The predicted octanol–water partition coefficient (Wildman–Crippen LogP) is -2.13. The van der Waals surface area contributed by atoms with Gasteiger partial charge in [-0.15, -0.1) is 0 Å². The van der Waals surface area contributed by atoms with Gasteiger partial charge in [-0.1, -0.05) is 12.1 Å². The zero-order chi connectivity index (χ0) is 10.6. The van der Waals surface area contributed by atoms with Gasteiger partial charge in [0.1, 0.15) is 5.75 Å². The van der Waals surface area contributed by atoms with Gasteiger partial charge in [0, 0.05) is 5.75 Å². The number of hydrogen-bond donors (Lipinski definition) is 1. The molecule has 0 radical (unpaired) electrons. The van der Waals surface area contributed by atoms with E-state index in [0.717, 1.165) is 5.56 Å². The summed E-state index contributed by atoms with van der Waals surface area (Å²) >= 11 is 0. The molecule has 0 aliphatic rings. The van der Waals surface area contributed by atoms with E-state index in [1.807, 2.05) is 0 Å². The van der Waals surface area contributed by atoms with E-state index in [9.17, 15) is 13.0 Å². The molecule has 0 spiro atoms. The van der Waals surface area contributed by atoms with Gasteiger partial charge in [0.05, 0.1) is 10.1 Å². The van der Waals surface area contributed by atoms with E-state index in [4.69, 9.17) is 5.11 Å². The van der Waals surface area contributed by atoms with E-state index in [0.29, 0.717) is 12.8 Å². The number of aryl methyl sites for hydroxylation is 1. The minimum atomic E-state index is -4.10. The summed E-state index contributed by atoms with van der Waals surface area (Å²) in [6.45, 7) is 0. The summed E-state index contributed by atoms with van der Waals surface area (Å²) < 4.78 is 30.8. The Morgan fingerprint density at radius 3 is 2.20 bits per heavy atom. The molecule has 0 unspecified atom stereocenters. The smallest absolute Gasteiger partial charge is 0.748 e. The Morgan fingerprint density at radius 1 is 1.20 bits per heavy atom. The fourth-order valence-corrected chi connectivity index (χ4v) is 1.61. The molecule has 4 nitrogen and oxygen atoms in total. The van der Waals surface area contributed by atoms with Crippen LogP contribution in [0, 0.1) is 0 Å². The predicted molar refractivity (Wildman–Crippen MR) is 51.0 cm³/mol. The molecule has 0 fully saturated rings. The molecule has 0 heterocycles. The fraction of sp³-hybridized carbons (Fsp3) is 0.333. The molecule has 78 valence electrons. The van der Waals surface area contributed by atoms with Crippen molar-refractivity contribution in [2.75, 3.05) is 5.75 Å². The summed E-state index contributed by atoms with van der Waals surface area (Å²) in [4.78, 5) is 0. The monoisotopic (exact) mass is 238 g/mol. The van der Waals surface area contributed by atoms with Crippen LogP contribution in [0.25, 0.3) is 0 Å². The third kappa shape index (κ3) is 6.92. The molecular formula is C9H11NaO4S. The summed E-state index contributed by atoms with van der Waals surface area (Å²) in [5.74, 6) is -0.168. The molecular weight excluding hydrogens is 227 g/mol. The number of phenols is 1. The molecule has 0 bridgehead atoms. The molecule has 0 aliphatic carbocycles. The first-order valence-corrected chi connectivity index (χ1v) is 5.76. The van der Waals surface area contributed by atoms with Crippen molar-refractivity contribution in [3.8, 4) is 5.75 Å². The van der Waals surface area contributed by atoms with Crippen LogP contribution in [0.1, 0.15) is 12.0 Å². The molecule has 0 saturated carbocycles. The van der Waals surface area contributed by atoms with Crippen LogP contribution in [0.5, 0.6) is 5.75 Å². The van der Waals surface area contributed by atoms with Gasteiger partial charge in [-0.05, 0) is 30.5 Å². The average molecular weight is 238 g/mol. The van der Waals surface area contributed by atoms with Gasteiger partial charge in [0.2, 0.25) is 0 Å². The molecule has 6 heteroatoms. The van der Waals surface area contributed by atoms with Crippen LogP contribution in [0.4, 0.5) is 0 Å². The summed E-state index contributed by atoms with van der Waals surface area (Å²) in [6, 6.07) is 6.46. The Hall–Kier alpha value is -0.0700. The molecule has 0 amide bonds. The number of benzene rings is 1. The van der Waals surface area contributed by atoms with Crippen LogP contribution in [0.3, 0.4) is 0 Å². The fourth-order valence-electron chi connectivity index (χ4n) is 1.12. The molecule has 1 aromatic rings. The zero-order valence-corrected chi connectivity index (χ0v) is 11.3. The quantitative estimate of drug-likeness (QED) is 0.480. The number of rotatable bonds is 4. The minimum absolute atomic E-state index is 0. The van der Waals surface area contributed by atoms with E-state index in [2.05, 4.69) is 0 Å². The average Bonchev–Trinajstić information content (AvgIpc) is 2.06. The van der Waals surface area contributed by atoms with E-state index in [1.165, 1.54) is 12.1 Å². The van der Waals surface area contributed by atoms with Crippen LogP contribution < -0.4 is 29.6 Å². The molecule has 15 heavy (non-hydrogen) atoms. The third-order valence-corrected chi connectivity index (χ3v) is 2.58. The van der Waals surface area contributed by atoms with E-state index in [-0.39, 0.29) is 41.1 Å². The van der Waals surface area contributed by atoms with Crippen molar-refractivity contribution in [1.29, 1.82) is 0 Å². The van der Waals surface area contributed by atoms with Crippen LogP contribution in [-0.2, 0) is 16.5 Å². The summed E-state index contributed by atoms with van der Waals surface area (Å²) in [5.41, 5.74) is 0.909. The van der Waals surface area contributed by atoms with Gasteiger partial charge in [-0.2, -0.15) is 0 Å². The van der Waals surface area contributed by atoms with Gasteiger partial charge >= 0.3 is 29.6 Å². The summed E-state index contributed by atoms with van der Waals surface area (Å²) in [5, 5.41) is 8.97. The first kappa shape index (κ1) is 14.9. The maximum atomic E-state index is 10.3. The summed E-state index contributed by atoms with van der Waals surface area (Å²) in [6.07, 6.45) is 0.846. The molecule has 1 rings (SSSR count). The number of aromatic hydroxyl groups is 1. The van der Waals surface area contributed by atoms with Crippen molar-refractivity contribution in [2.45, 2.75) is 12.8 Å². The van der Waals surface area contributed by atoms with Gasteiger partial charge in [0.15, 0.2) is 0 Å². The largest absolute Gasteiger partial charge is 1.00 e. The normalized spacial score (nSPS) is 10.7. The first-order chi connectivity index (χ1) is 6.47. The second-order valence-corrected chi connectivity index (χ2v) is 4.56. The van der Waals surface area contributed by atoms with Crippen molar-refractivity contribution in [1.82, 2.24) is 0 Å². The van der Waals surface area contributed by atoms with Crippen LogP contribution >= 0.6 is 0 Å². The van der Waals surface area contributed by atoms with E-state index in [1.54, 1.807) is 12.1 Å². The number of hydrogen-bond acceptors (Lipinski definition) is 4. The maximum absolute atomic E-state index is 10.3. The van der Waals surface area contributed by atoms with Crippen molar-refractivity contribution in [2.24, 2.45) is 0 Å². The van der Waals surface area contributed by atoms with Crippen molar-refractivity contribution >= 4 is 10.1 Å². The zero-order valence-electron chi connectivity index (χ0n) is 8.51. The van der Waals surface area contributed by atoms with Crippen molar-refractivity contribution < 1.29 is 47.6 Å². The molecule has 0 aromatic heterocycles. The Morgan fingerprint density at radius 2 is 1.73 bits per heavy atom. The molecule has 1 aromatic carbocycles.